The number of aromatic nitrogens is 2. The monoisotopic (exact) mass is 440 g/mol. The van der Waals surface area contributed by atoms with Gasteiger partial charge in [-0.3, -0.25) is 9.80 Å². The average molecular weight is 441 g/mol. The summed E-state index contributed by atoms with van der Waals surface area (Å²) in [6, 6.07) is 20.0. The van der Waals surface area contributed by atoms with E-state index in [4.69, 9.17) is 4.74 Å². The Balaban J connectivity index is 1.32. The molecule has 6 rings (SSSR count). The van der Waals surface area contributed by atoms with Gasteiger partial charge in [-0.25, -0.2) is 0 Å². The molecule has 1 unspecified atom stereocenters. The largest absolute Gasteiger partial charge is 0.488 e. The van der Waals surface area contributed by atoms with E-state index in [-0.39, 0.29) is 0 Å². The van der Waals surface area contributed by atoms with Crippen LogP contribution in [-0.2, 0) is 0 Å². The van der Waals surface area contributed by atoms with Crippen molar-refractivity contribution in [3.63, 3.8) is 0 Å². The van der Waals surface area contributed by atoms with Gasteiger partial charge in [0.15, 0.2) is 5.75 Å². The molecule has 0 spiro atoms. The molecule has 3 heterocycles. The lowest BCUT2D eigenvalue weighted by Gasteiger charge is -2.37. The molecule has 1 atom stereocenters. The van der Waals surface area contributed by atoms with Crippen molar-refractivity contribution in [1.29, 1.82) is 0 Å². The van der Waals surface area contributed by atoms with Gasteiger partial charge in [-0.1, -0.05) is 43.3 Å². The quantitative estimate of drug-likeness (QED) is 0.353. The number of ether oxygens (including phenoxy) is 1. The molecule has 0 saturated carbocycles. The van der Waals surface area contributed by atoms with Gasteiger partial charge in [0.25, 0.3) is 0 Å². The second-order valence-electron chi connectivity index (χ2n) is 9.38. The zero-order chi connectivity index (χ0) is 22.4. The summed E-state index contributed by atoms with van der Waals surface area (Å²) >= 11 is 0. The molecule has 3 aromatic carbocycles. The molecule has 1 aliphatic heterocycles. The van der Waals surface area contributed by atoms with Crippen LogP contribution in [0.1, 0.15) is 20.3 Å². The van der Waals surface area contributed by atoms with E-state index in [0.717, 1.165) is 60.5 Å². The van der Waals surface area contributed by atoms with Crippen LogP contribution in [0.2, 0.25) is 0 Å². The summed E-state index contributed by atoms with van der Waals surface area (Å²) in [5.74, 6) is 0.938. The van der Waals surface area contributed by atoms with Crippen LogP contribution in [0.5, 0.6) is 5.75 Å². The minimum absolute atomic E-state index is 0.679. The van der Waals surface area contributed by atoms with Crippen LogP contribution in [0, 0.1) is 0 Å². The second kappa shape index (κ2) is 8.40. The van der Waals surface area contributed by atoms with Gasteiger partial charge in [-0.05, 0) is 31.5 Å². The molecule has 0 aliphatic carbocycles. The van der Waals surface area contributed by atoms with Crippen LogP contribution in [0.3, 0.4) is 0 Å². The number of hydrogen-bond acceptors (Lipinski definition) is 3. The fraction of sp³-hybridized carbons (Fsp3) is 0.357. The Bertz CT molecular complexity index is 1340. The van der Waals surface area contributed by atoms with Gasteiger partial charge in [0.05, 0.1) is 11.0 Å². The number of nitrogens with zero attached hydrogens (tertiary/aromatic N) is 2. The van der Waals surface area contributed by atoms with Crippen molar-refractivity contribution in [3.05, 3.63) is 54.6 Å². The number of aromatic amines is 2. The number of piperazine rings is 1. The van der Waals surface area contributed by atoms with E-state index >= 15 is 0 Å². The molecule has 5 heteroatoms. The first-order valence-electron chi connectivity index (χ1n) is 12.3. The van der Waals surface area contributed by atoms with Crippen molar-refractivity contribution >= 4 is 43.6 Å². The molecular weight excluding hydrogens is 408 g/mol. The fourth-order valence-electron chi connectivity index (χ4n) is 5.36. The predicted octanol–water partition coefficient (Wildman–Crippen LogP) is 5.75. The molecule has 2 aromatic heterocycles. The fourth-order valence-corrected chi connectivity index (χ4v) is 5.36. The van der Waals surface area contributed by atoms with E-state index in [2.05, 4.69) is 88.2 Å². The molecule has 1 saturated heterocycles. The summed E-state index contributed by atoms with van der Waals surface area (Å²) in [5.41, 5.74) is 4.46. The molecule has 1 aliphatic rings. The van der Waals surface area contributed by atoms with Gasteiger partial charge in [0.1, 0.15) is 6.61 Å². The highest BCUT2D eigenvalue weighted by Gasteiger charge is 2.21. The summed E-state index contributed by atoms with van der Waals surface area (Å²) in [6.07, 6.45) is 1.22. The number of H-pyrrole nitrogens is 2. The van der Waals surface area contributed by atoms with Gasteiger partial charge in [0, 0.05) is 71.3 Å². The number of rotatable bonds is 6. The lowest BCUT2D eigenvalue weighted by molar-refractivity contribution is 0.0908. The first kappa shape index (κ1) is 20.6. The average Bonchev–Trinajstić information content (AvgIpc) is 3.42. The molecule has 5 nitrogen and oxygen atoms in total. The minimum atomic E-state index is 0.679. The predicted molar refractivity (Wildman–Crippen MR) is 138 cm³/mol. The van der Waals surface area contributed by atoms with Gasteiger partial charge < -0.3 is 14.7 Å². The Morgan fingerprint density at radius 1 is 0.818 bits per heavy atom. The summed E-state index contributed by atoms with van der Waals surface area (Å²) in [6.45, 7) is 10.8. The molecule has 5 aromatic rings. The number of hydrogen-bond donors (Lipinski definition) is 2. The number of nitrogens with one attached hydrogen (secondary N) is 2. The summed E-state index contributed by atoms with van der Waals surface area (Å²) in [4.78, 5) is 12.4. The highest BCUT2D eigenvalue weighted by atomic mass is 16.5. The van der Waals surface area contributed by atoms with Gasteiger partial charge in [-0.2, -0.15) is 0 Å². The smallest absolute Gasteiger partial charge is 0.167 e. The van der Waals surface area contributed by atoms with Crippen molar-refractivity contribution < 1.29 is 4.74 Å². The van der Waals surface area contributed by atoms with Crippen LogP contribution >= 0.6 is 0 Å². The standard InChI is InChI=1S/C28H32N4O/c1-3-19(2)32-14-12-31(13-15-32)16-17-33-28-26-22(20-8-4-6-10-24(20)29-26)18-23-21-9-5-7-11-25(21)30-27(23)28/h4-11,18-19,29-30H,3,12-17H2,1-2H3. The van der Waals surface area contributed by atoms with E-state index in [9.17, 15) is 0 Å². The normalized spacial score (nSPS) is 16.9. The van der Waals surface area contributed by atoms with Gasteiger partial charge in [0.2, 0.25) is 0 Å². The van der Waals surface area contributed by atoms with Crippen molar-refractivity contribution in [1.82, 2.24) is 19.8 Å². The Morgan fingerprint density at radius 2 is 1.39 bits per heavy atom. The lowest BCUT2D eigenvalue weighted by Crippen LogP contribution is -2.50. The molecule has 0 bridgehead atoms. The molecule has 2 N–H and O–H groups in total. The number of fused-ring (bicyclic) bond motifs is 6. The second-order valence-corrected chi connectivity index (χ2v) is 9.38. The van der Waals surface area contributed by atoms with Crippen LogP contribution in [0.25, 0.3) is 43.6 Å². The van der Waals surface area contributed by atoms with E-state index in [0.29, 0.717) is 12.6 Å². The zero-order valence-corrected chi connectivity index (χ0v) is 19.5. The van der Waals surface area contributed by atoms with Crippen molar-refractivity contribution in [3.8, 4) is 5.75 Å². The highest BCUT2D eigenvalue weighted by molar-refractivity contribution is 6.20. The summed E-state index contributed by atoms with van der Waals surface area (Å²) in [7, 11) is 0. The van der Waals surface area contributed by atoms with E-state index in [1.807, 2.05) is 0 Å². The third-order valence-electron chi connectivity index (χ3n) is 7.51. The van der Waals surface area contributed by atoms with E-state index in [1.54, 1.807) is 0 Å². The van der Waals surface area contributed by atoms with Crippen molar-refractivity contribution in [2.24, 2.45) is 0 Å². The summed E-state index contributed by atoms with van der Waals surface area (Å²) < 4.78 is 6.57. The Hall–Kier alpha value is -3.02. The number of benzene rings is 3. The van der Waals surface area contributed by atoms with Gasteiger partial charge >= 0.3 is 0 Å². The van der Waals surface area contributed by atoms with Crippen LogP contribution in [-0.4, -0.2) is 65.1 Å². The first-order chi connectivity index (χ1) is 16.2. The maximum absolute atomic E-state index is 6.57. The Morgan fingerprint density at radius 3 is 1.97 bits per heavy atom. The highest BCUT2D eigenvalue weighted by Crippen LogP contribution is 2.40. The van der Waals surface area contributed by atoms with E-state index < -0.39 is 0 Å². The van der Waals surface area contributed by atoms with E-state index in [1.165, 1.54) is 28.0 Å². The maximum atomic E-state index is 6.57. The van der Waals surface area contributed by atoms with Crippen LogP contribution in [0.15, 0.2) is 54.6 Å². The minimum Gasteiger partial charge on any atom is -0.488 e. The lowest BCUT2D eigenvalue weighted by atomic mass is 10.1. The topological polar surface area (TPSA) is 47.3 Å². The molecule has 0 amide bonds. The van der Waals surface area contributed by atoms with Crippen molar-refractivity contribution in [2.45, 2.75) is 26.3 Å². The molecular formula is C28H32N4O. The molecule has 33 heavy (non-hydrogen) atoms. The third kappa shape index (κ3) is 3.56. The van der Waals surface area contributed by atoms with Crippen molar-refractivity contribution in [2.75, 3.05) is 39.3 Å². The SMILES string of the molecule is CCC(C)N1CCN(CCOc2c3[nH]c4ccccc4c3cc3c2[nH]c2ccccc23)CC1. The molecule has 1 fully saturated rings. The Kier molecular flexibility index (Phi) is 5.24. The molecule has 170 valence electrons. The third-order valence-corrected chi connectivity index (χ3v) is 7.51. The Labute approximate surface area is 194 Å². The molecule has 0 radical (unpaired) electrons. The zero-order valence-electron chi connectivity index (χ0n) is 19.5. The van der Waals surface area contributed by atoms with Gasteiger partial charge in [-0.15, -0.1) is 0 Å². The van der Waals surface area contributed by atoms with Crippen LogP contribution < -0.4 is 4.74 Å². The summed E-state index contributed by atoms with van der Waals surface area (Å²) in [5, 5.41) is 4.93. The van der Waals surface area contributed by atoms with Crippen LogP contribution in [0.4, 0.5) is 0 Å². The number of para-hydroxylation sites is 2. The first-order valence-corrected chi connectivity index (χ1v) is 12.3. The maximum Gasteiger partial charge on any atom is 0.167 e.